The molecule has 4 unspecified atom stereocenters. The number of rotatable bonds is 3. The third-order valence-electron chi connectivity index (χ3n) is 5.88. The highest BCUT2D eigenvalue weighted by Crippen LogP contribution is 2.37. The van der Waals surface area contributed by atoms with E-state index in [1.165, 1.54) is 51.6 Å². The minimum absolute atomic E-state index is 0.764. The average Bonchev–Trinajstić information content (AvgIpc) is 3.23. The lowest BCUT2D eigenvalue weighted by molar-refractivity contribution is 0.0130. The van der Waals surface area contributed by atoms with E-state index in [1.807, 2.05) is 0 Å². The fraction of sp³-hybridized carbons (Fsp3) is 1.00. The third-order valence-corrected chi connectivity index (χ3v) is 5.88. The van der Waals surface area contributed by atoms with Gasteiger partial charge in [-0.1, -0.05) is 33.6 Å². The molecular weight excluding hydrogens is 232 g/mol. The monoisotopic (exact) mass is 264 g/mol. The summed E-state index contributed by atoms with van der Waals surface area (Å²) in [5, 5.41) is 3.85. The molecule has 0 spiro atoms. The van der Waals surface area contributed by atoms with Crippen molar-refractivity contribution >= 4 is 0 Å². The Morgan fingerprint density at radius 1 is 1.05 bits per heavy atom. The molecule has 1 N–H and O–H groups in total. The van der Waals surface area contributed by atoms with Crippen LogP contribution in [0.25, 0.3) is 0 Å². The van der Waals surface area contributed by atoms with Gasteiger partial charge in [-0.15, -0.1) is 0 Å². The first-order valence-electron chi connectivity index (χ1n) is 8.66. The highest BCUT2D eigenvalue weighted by atomic mass is 15.3. The highest BCUT2D eigenvalue weighted by molar-refractivity contribution is 4.98. The molecule has 1 aliphatic heterocycles. The summed E-state index contributed by atoms with van der Waals surface area (Å²) in [6, 6.07) is 2.43. The zero-order chi connectivity index (χ0) is 13.4. The van der Waals surface area contributed by atoms with Crippen LogP contribution in [0.2, 0.25) is 0 Å². The molecule has 2 aliphatic carbocycles. The van der Waals surface area contributed by atoms with Gasteiger partial charge in [0.1, 0.15) is 0 Å². The maximum Gasteiger partial charge on any atom is 0.0247 e. The standard InChI is InChI=1S/C17H32N2/c1-12(2)17-10-18-15(14-8-9-14)11-19(17)16-7-5-4-6-13(16)3/h12-18H,4-11H2,1-3H3. The Morgan fingerprint density at radius 2 is 1.79 bits per heavy atom. The van der Waals surface area contributed by atoms with Gasteiger partial charge in [-0.05, 0) is 43.4 Å². The number of hydrogen-bond acceptors (Lipinski definition) is 2. The van der Waals surface area contributed by atoms with Gasteiger partial charge in [0.05, 0.1) is 0 Å². The molecule has 3 aliphatic rings. The third kappa shape index (κ3) is 3.00. The van der Waals surface area contributed by atoms with Gasteiger partial charge in [0, 0.05) is 31.2 Å². The minimum atomic E-state index is 0.764. The van der Waals surface area contributed by atoms with Crippen LogP contribution >= 0.6 is 0 Å². The van der Waals surface area contributed by atoms with Gasteiger partial charge in [-0.2, -0.15) is 0 Å². The van der Waals surface area contributed by atoms with Gasteiger partial charge in [-0.25, -0.2) is 0 Å². The Bertz CT molecular complexity index is 298. The molecule has 0 amide bonds. The molecule has 0 aromatic rings. The maximum atomic E-state index is 3.85. The second kappa shape index (κ2) is 5.73. The molecule has 2 saturated carbocycles. The van der Waals surface area contributed by atoms with Crippen LogP contribution in [0, 0.1) is 17.8 Å². The van der Waals surface area contributed by atoms with Gasteiger partial charge in [0.25, 0.3) is 0 Å². The minimum Gasteiger partial charge on any atom is -0.311 e. The van der Waals surface area contributed by atoms with E-state index >= 15 is 0 Å². The summed E-state index contributed by atoms with van der Waals surface area (Å²) in [4.78, 5) is 2.92. The first-order chi connectivity index (χ1) is 9.16. The van der Waals surface area contributed by atoms with Gasteiger partial charge in [0.15, 0.2) is 0 Å². The van der Waals surface area contributed by atoms with Crippen molar-refractivity contribution in [3.05, 3.63) is 0 Å². The predicted octanol–water partition coefficient (Wildman–Crippen LogP) is 3.27. The van der Waals surface area contributed by atoms with Crippen LogP contribution in [0.15, 0.2) is 0 Å². The summed E-state index contributed by atoms with van der Waals surface area (Å²) in [5.74, 6) is 2.68. The van der Waals surface area contributed by atoms with Crippen molar-refractivity contribution in [2.75, 3.05) is 13.1 Å². The Kier molecular flexibility index (Phi) is 4.19. The van der Waals surface area contributed by atoms with Crippen LogP contribution in [0.3, 0.4) is 0 Å². The van der Waals surface area contributed by atoms with Crippen molar-refractivity contribution in [1.82, 2.24) is 10.2 Å². The zero-order valence-electron chi connectivity index (χ0n) is 13.1. The molecule has 3 fully saturated rings. The molecule has 2 nitrogen and oxygen atoms in total. The van der Waals surface area contributed by atoms with E-state index in [-0.39, 0.29) is 0 Å². The van der Waals surface area contributed by atoms with Crippen molar-refractivity contribution in [3.8, 4) is 0 Å². The molecule has 3 rings (SSSR count). The largest absolute Gasteiger partial charge is 0.311 e. The molecular formula is C17H32N2. The second-order valence-electron chi connectivity index (χ2n) is 7.69. The smallest absolute Gasteiger partial charge is 0.0247 e. The predicted molar refractivity (Wildman–Crippen MR) is 81.3 cm³/mol. The molecule has 4 atom stereocenters. The van der Waals surface area contributed by atoms with Crippen LogP contribution in [0.4, 0.5) is 0 Å². The van der Waals surface area contributed by atoms with Crippen molar-refractivity contribution in [2.24, 2.45) is 17.8 Å². The van der Waals surface area contributed by atoms with E-state index in [4.69, 9.17) is 0 Å². The van der Waals surface area contributed by atoms with Crippen LogP contribution in [0.1, 0.15) is 59.3 Å². The lowest BCUT2D eigenvalue weighted by atomic mass is 9.82. The first-order valence-corrected chi connectivity index (χ1v) is 8.66. The Hall–Kier alpha value is -0.0800. The summed E-state index contributed by atoms with van der Waals surface area (Å²) in [6.07, 6.45) is 8.76. The van der Waals surface area contributed by atoms with Gasteiger partial charge < -0.3 is 5.32 Å². The summed E-state index contributed by atoms with van der Waals surface area (Å²) in [7, 11) is 0. The van der Waals surface area contributed by atoms with Gasteiger partial charge in [0.2, 0.25) is 0 Å². The second-order valence-corrected chi connectivity index (χ2v) is 7.69. The molecule has 19 heavy (non-hydrogen) atoms. The fourth-order valence-electron chi connectivity index (χ4n) is 4.42. The SMILES string of the molecule is CC(C)C1CNC(C2CC2)CN1C1CCCCC1C. The molecule has 2 heteroatoms. The summed E-state index contributed by atoms with van der Waals surface area (Å²) in [6.45, 7) is 9.86. The zero-order valence-corrected chi connectivity index (χ0v) is 13.1. The van der Waals surface area contributed by atoms with Crippen LogP contribution in [-0.2, 0) is 0 Å². The topological polar surface area (TPSA) is 15.3 Å². The quantitative estimate of drug-likeness (QED) is 0.841. The number of nitrogens with one attached hydrogen (secondary N) is 1. The van der Waals surface area contributed by atoms with Crippen LogP contribution < -0.4 is 5.32 Å². The number of nitrogens with zero attached hydrogens (tertiary/aromatic N) is 1. The van der Waals surface area contributed by atoms with Gasteiger partial charge in [-0.3, -0.25) is 4.90 Å². The summed E-state index contributed by atoms with van der Waals surface area (Å²) < 4.78 is 0. The summed E-state index contributed by atoms with van der Waals surface area (Å²) >= 11 is 0. The van der Waals surface area contributed by atoms with Crippen molar-refractivity contribution in [3.63, 3.8) is 0 Å². The van der Waals surface area contributed by atoms with E-state index < -0.39 is 0 Å². The first kappa shape index (κ1) is 13.9. The van der Waals surface area contributed by atoms with E-state index in [0.717, 1.165) is 35.9 Å². The number of hydrogen-bond donors (Lipinski definition) is 1. The molecule has 110 valence electrons. The molecule has 0 radical (unpaired) electrons. The maximum absolute atomic E-state index is 3.85. The van der Waals surface area contributed by atoms with Crippen molar-refractivity contribution in [1.29, 1.82) is 0 Å². The van der Waals surface area contributed by atoms with Gasteiger partial charge >= 0.3 is 0 Å². The van der Waals surface area contributed by atoms with E-state index in [1.54, 1.807) is 0 Å². The average molecular weight is 264 g/mol. The Labute approximate surface area is 119 Å². The molecule has 0 aromatic heterocycles. The highest BCUT2D eigenvalue weighted by Gasteiger charge is 2.41. The molecule has 1 saturated heterocycles. The van der Waals surface area contributed by atoms with Crippen LogP contribution in [0.5, 0.6) is 0 Å². The Balaban J connectivity index is 1.71. The summed E-state index contributed by atoms with van der Waals surface area (Å²) in [5.41, 5.74) is 0. The molecule has 0 bridgehead atoms. The normalized spacial score (nSPS) is 41.7. The molecule has 1 heterocycles. The van der Waals surface area contributed by atoms with Crippen molar-refractivity contribution in [2.45, 2.75) is 77.4 Å². The fourth-order valence-corrected chi connectivity index (χ4v) is 4.42. The lowest BCUT2D eigenvalue weighted by Crippen LogP contribution is -2.63. The Morgan fingerprint density at radius 3 is 2.42 bits per heavy atom. The number of piperazine rings is 1. The molecule has 0 aromatic carbocycles. The van der Waals surface area contributed by atoms with E-state index in [2.05, 4.69) is 31.0 Å². The van der Waals surface area contributed by atoms with E-state index in [9.17, 15) is 0 Å². The van der Waals surface area contributed by atoms with Crippen molar-refractivity contribution < 1.29 is 0 Å². The van der Waals surface area contributed by atoms with E-state index in [0.29, 0.717) is 0 Å². The van der Waals surface area contributed by atoms with Crippen LogP contribution in [-0.4, -0.2) is 36.1 Å². The lowest BCUT2D eigenvalue weighted by Gasteiger charge is -2.49.